The third-order valence-electron chi connectivity index (χ3n) is 2.34. The van der Waals surface area contributed by atoms with Gasteiger partial charge in [-0.1, -0.05) is 23.7 Å². The van der Waals surface area contributed by atoms with Crippen molar-refractivity contribution in [3.63, 3.8) is 0 Å². The van der Waals surface area contributed by atoms with Crippen LogP contribution in [0, 0.1) is 0 Å². The average molecular weight is 210 g/mol. The lowest BCUT2D eigenvalue weighted by molar-refractivity contribution is 0.797. The highest BCUT2D eigenvalue weighted by atomic mass is 35.5. The van der Waals surface area contributed by atoms with Crippen molar-refractivity contribution in [1.82, 2.24) is 9.78 Å². The van der Waals surface area contributed by atoms with Crippen molar-refractivity contribution in [2.45, 2.75) is 6.42 Å². The van der Waals surface area contributed by atoms with Gasteiger partial charge in [0.15, 0.2) is 5.15 Å². The van der Waals surface area contributed by atoms with E-state index < -0.39 is 0 Å². The van der Waals surface area contributed by atoms with E-state index in [0.717, 1.165) is 17.3 Å². The number of aryl methyl sites for hydroxylation is 1. The van der Waals surface area contributed by atoms with Crippen molar-refractivity contribution in [1.29, 1.82) is 0 Å². The van der Waals surface area contributed by atoms with Gasteiger partial charge in [-0.05, 0) is 24.6 Å². The molecule has 3 nitrogen and oxygen atoms in total. The van der Waals surface area contributed by atoms with Crippen molar-refractivity contribution >= 4 is 22.5 Å². The second-order valence-electron chi connectivity index (χ2n) is 3.26. The van der Waals surface area contributed by atoms with Crippen LogP contribution < -0.4 is 5.73 Å². The lowest BCUT2D eigenvalue weighted by atomic mass is 10.1. The van der Waals surface area contributed by atoms with Crippen LogP contribution in [-0.4, -0.2) is 16.3 Å². The molecular weight excluding hydrogens is 198 g/mol. The summed E-state index contributed by atoms with van der Waals surface area (Å²) in [5.41, 5.74) is 7.76. The topological polar surface area (TPSA) is 43.8 Å². The molecule has 0 amide bonds. The van der Waals surface area contributed by atoms with Crippen LogP contribution in [0.25, 0.3) is 10.9 Å². The van der Waals surface area contributed by atoms with Crippen LogP contribution in [0.15, 0.2) is 18.2 Å². The molecule has 4 heteroatoms. The van der Waals surface area contributed by atoms with Crippen molar-refractivity contribution in [2.75, 3.05) is 6.54 Å². The maximum atomic E-state index is 6.05. The minimum Gasteiger partial charge on any atom is -0.330 e. The second-order valence-corrected chi connectivity index (χ2v) is 3.62. The smallest absolute Gasteiger partial charge is 0.159 e. The van der Waals surface area contributed by atoms with Crippen LogP contribution in [0.1, 0.15) is 5.56 Å². The fourth-order valence-corrected chi connectivity index (χ4v) is 2.03. The Morgan fingerprint density at radius 1 is 1.50 bits per heavy atom. The highest BCUT2D eigenvalue weighted by Gasteiger charge is 2.09. The molecule has 0 spiro atoms. The summed E-state index contributed by atoms with van der Waals surface area (Å²) >= 11 is 6.05. The summed E-state index contributed by atoms with van der Waals surface area (Å²) in [6, 6.07) is 6.06. The maximum absolute atomic E-state index is 6.05. The molecule has 0 aliphatic rings. The van der Waals surface area contributed by atoms with E-state index in [-0.39, 0.29) is 0 Å². The second kappa shape index (κ2) is 3.59. The SMILES string of the molecule is Cn1nc(Cl)c2c(CCN)cccc21. The third kappa shape index (κ3) is 1.38. The Morgan fingerprint density at radius 3 is 3.00 bits per heavy atom. The normalized spacial score (nSPS) is 11.1. The molecule has 2 rings (SSSR count). The molecule has 0 aliphatic carbocycles. The van der Waals surface area contributed by atoms with Crippen molar-refractivity contribution in [3.8, 4) is 0 Å². The molecular formula is C10H12ClN3. The molecule has 2 N–H and O–H groups in total. The number of nitrogens with zero attached hydrogens (tertiary/aromatic N) is 2. The Kier molecular flexibility index (Phi) is 2.44. The van der Waals surface area contributed by atoms with E-state index in [1.165, 1.54) is 5.56 Å². The van der Waals surface area contributed by atoms with Gasteiger partial charge in [0.05, 0.1) is 5.52 Å². The van der Waals surface area contributed by atoms with Gasteiger partial charge in [-0.2, -0.15) is 5.10 Å². The number of nitrogens with two attached hydrogens (primary N) is 1. The van der Waals surface area contributed by atoms with Gasteiger partial charge >= 0.3 is 0 Å². The van der Waals surface area contributed by atoms with Crippen LogP contribution in [-0.2, 0) is 13.5 Å². The number of rotatable bonds is 2. The molecule has 1 heterocycles. The molecule has 0 fully saturated rings. The summed E-state index contributed by atoms with van der Waals surface area (Å²) < 4.78 is 1.79. The van der Waals surface area contributed by atoms with Gasteiger partial charge < -0.3 is 5.73 Å². The van der Waals surface area contributed by atoms with E-state index in [9.17, 15) is 0 Å². The molecule has 1 aromatic carbocycles. The van der Waals surface area contributed by atoms with E-state index >= 15 is 0 Å². The number of hydrogen-bond donors (Lipinski definition) is 1. The minimum absolute atomic E-state index is 0.562. The Bertz CT molecular complexity index is 462. The summed E-state index contributed by atoms with van der Waals surface area (Å²) in [5, 5.41) is 5.77. The summed E-state index contributed by atoms with van der Waals surface area (Å²) in [4.78, 5) is 0. The fourth-order valence-electron chi connectivity index (χ4n) is 1.69. The summed E-state index contributed by atoms with van der Waals surface area (Å²) in [6.45, 7) is 0.629. The summed E-state index contributed by atoms with van der Waals surface area (Å²) in [6.07, 6.45) is 0.836. The molecule has 2 aromatic rings. The highest BCUT2D eigenvalue weighted by molar-refractivity contribution is 6.34. The first kappa shape index (κ1) is 9.49. The largest absolute Gasteiger partial charge is 0.330 e. The first-order valence-corrected chi connectivity index (χ1v) is 4.92. The Hall–Kier alpha value is -1.06. The number of benzene rings is 1. The Balaban J connectivity index is 2.72. The molecule has 0 unspecified atom stereocenters. The molecule has 0 bridgehead atoms. The van der Waals surface area contributed by atoms with Gasteiger partial charge in [0.2, 0.25) is 0 Å². The van der Waals surface area contributed by atoms with Gasteiger partial charge in [-0.25, -0.2) is 0 Å². The van der Waals surface area contributed by atoms with Gasteiger partial charge in [0, 0.05) is 12.4 Å². The number of fused-ring (bicyclic) bond motifs is 1. The lowest BCUT2D eigenvalue weighted by Gasteiger charge is -2.00. The zero-order valence-corrected chi connectivity index (χ0v) is 8.75. The number of halogens is 1. The summed E-state index contributed by atoms with van der Waals surface area (Å²) in [7, 11) is 1.89. The lowest BCUT2D eigenvalue weighted by Crippen LogP contribution is -2.02. The van der Waals surface area contributed by atoms with Crippen LogP contribution >= 0.6 is 11.6 Å². The van der Waals surface area contributed by atoms with E-state index in [2.05, 4.69) is 5.10 Å². The molecule has 74 valence electrons. The molecule has 0 aliphatic heterocycles. The predicted octanol–water partition coefficient (Wildman–Crippen LogP) is 1.73. The minimum atomic E-state index is 0.562. The van der Waals surface area contributed by atoms with E-state index in [1.54, 1.807) is 4.68 Å². The van der Waals surface area contributed by atoms with Crippen LogP contribution in [0.2, 0.25) is 5.15 Å². The summed E-state index contributed by atoms with van der Waals surface area (Å²) in [5.74, 6) is 0. The number of hydrogen-bond acceptors (Lipinski definition) is 2. The first-order chi connectivity index (χ1) is 6.74. The molecule has 14 heavy (non-hydrogen) atoms. The maximum Gasteiger partial charge on any atom is 0.159 e. The molecule has 0 atom stereocenters. The van der Waals surface area contributed by atoms with Crippen molar-refractivity contribution in [2.24, 2.45) is 12.8 Å². The Labute approximate surface area is 87.5 Å². The standard InChI is InChI=1S/C10H12ClN3/c1-14-8-4-2-3-7(5-6-12)9(8)10(11)13-14/h2-4H,5-6,12H2,1H3. The average Bonchev–Trinajstić information content (AvgIpc) is 2.44. The van der Waals surface area contributed by atoms with Gasteiger partial charge in [-0.15, -0.1) is 0 Å². The van der Waals surface area contributed by atoms with Crippen LogP contribution in [0.4, 0.5) is 0 Å². The quantitative estimate of drug-likeness (QED) is 0.819. The van der Waals surface area contributed by atoms with Crippen LogP contribution in [0.5, 0.6) is 0 Å². The van der Waals surface area contributed by atoms with Gasteiger partial charge in [0.25, 0.3) is 0 Å². The monoisotopic (exact) mass is 209 g/mol. The fraction of sp³-hybridized carbons (Fsp3) is 0.300. The molecule has 0 radical (unpaired) electrons. The van der Waals surface area contributed by atoms with Crippen molar-refractivity contribution < 1.29 is 0 Å². The zero-order chi connectivity index (χ0) is 10.1. The number of aromatic nitrogens is 2. The zero-order valence-electron chi connectivity index (χ0n) is 8.00. The van der Waals surface area contributed by atoms with Gasteiger partial charge in [-0.3, -0.25) is 4.68 Å². The van der Waals surface area contributed by atoms with E-state index in [4.69, 9.17) is 17.3 Å². The van der Waals surface area contributed by atoms with E-state index in [0.29, 0.717) is 11.7 Å². The predicted molar refractivity (Wildman–Crippen MR) is 58.5 cm³/mol. The third-order valence-corrected chi connectivity index (χ3v) is 2.60. The van der Waals surface area contributed by atoms with E-state index in [1.807, 2.05) is 25.2 Å². The first-order valence-electron chi connectivity index (χ1n) is 4.54. The highest BCUT2D eigenvalue weighted by Crippen LogP contribution is 2.25. The Morgan fingerprint density at radius 2 is 2.29 bits per heavy atom. The molecule has 0 saturated carbocycles. The van der Waals surface area contributed by atoms with Gasteiger partial charge in [0.1, 0.15) is 0 Å². The molecule has 0 saturated heterocycles. The molecule has 1 aromatic heterocycles. The van der Waals surface area contributed by atoms with Crippen molar-refractivity contribution in [3.05, 3.63) is 28.9 Å². The van der Waals surface area contributed by atoms with Crippen LogP contribution in [0.3, 0.4) is 0 Å².